The molecule has 9 heteroatoms. The largest absolute Gasteiger partial charge is 0.493 e. The fourth-order valence-corrected chi connectivity index (χ4v) is 5.43. The summed E-state index contributed by atoms with van der Waals surface area (Å²) < 4.78 is 16.2. The normalized spacial score (nSPS) is 22.4. The van der Waals surface area contributed by atoms with Crippen LogP contribution >= 0.6 is 0 Å². The number of ether oxygens (including phenoxy) is 3. The van der Waals surface area contributed by atoms with Crippen molar-refractivity contribution in [3.8, 4) is 11.5 Å². The van der Waals surface area contributed by atoms with Gasteiger partial charge in [0.15, 0.2) is 11.5 Å². The van der Waals surface area contributed by atoms with Crippen molar-refractivity contribution < 1.29 is 23.8 Å². The maximum absolute atomic E-state index is 13.1. The lowest BCUT2D eigenvalue weighted by Crippen LogP contribution is -2.53. The second-order valence-corrected chi connectivity index (χ2v) is 9.36. The summed E-state index contributed by atoms with van der Waals surface area (Å²) in [5, 5.41) is 5.79. The Labute approximate surface area is 207 Å². The van der Waals surface area contributed by atoms with Crippen LogP contribution in [-0.4, -0.2) is 81.4 Å². The Morgan fingerprint density at radius 1 is 1.03 bits per heavy atom. The predicted octanol–water partition coefficient (Wildman–Crippen LogP) is 2.83. The molecule has 1 aromatic rings. The lowest BCUT2D eigenvalue weighted by Gasteiger charge is -2.41. The predicted molar refractivity (Wildman–Crippen MR) is 132 cm³/mol. The quantitative estimate of drug-likeness (QED) is 0.546. The van der Waals surface area contributed by atoms with Crippen LogP contribution < -0.4 is 20.1 Å². The van der Waals surface area contributed by atoms with Crippen LogP contribution in [0.2, 0.25) is 0 Å². The molecule has 35 heavy (non-hydrogen) atoms. The topological polar surface area (TPSA) is 92.4 Å². The Bertz CT molecular complexity index is 936. The molecule has 2 N–H and O–H groups in total. The van der Waals surface area contributed by atoms with Crippen LogP contribution in [0, 0.1) is 0 Å². The average Bonchev–Trinajstić information content (AvgIpc) is 2.89. The molecule has 1 aromatic carbocycles. The zero-order chi connectivity index (χ0) is 24.8. The summed E-state index contributed by atoms with van der Waals surface area (Å²) in [5.41, 5.74) is 1.74. The van der Waals surface area contributed by atoms with E-state index in [1.54, 1.807) is 33.3 Å². The van der Waals surface area contributed by atoms with E-state index in [1.807, 2.05) is 6.07 Å². The van der Waals surface area contributed by atoms with Crippen LogP contribution in [0.5, 0.6) is 11.5 Å². The van der Waals surface area contributed by atoms with Gasteiger partial charge in [-0.05, 0) is 37.5 Å². The molecule has 2 heterocycles. The first kappa shape index (κ1) is 25.3. The number of piperazine rings is 1. The second kappa shape index (κ2) is 11.8. The van der Waals surface area contributed by atoms with Gasteiger partial charge < -0.3 is 24.8 Å². The summed E-state index contributed by atoms with van der Waals surface area (Å²) in [6, 6.07) is 5.10. The first-order valence-corrected chi connectivity index (χ1v) is 12.7. The van der Waals surface area contributed by atoms with Crippen molar-refractivity contribution in [2.45, 2.75) is 51.1 Å². The standard InChI is InChI=1S/C26H38N4O5/c1-4-35-25(31)23-20(17-29-12-14-30(15-13-29)19-8-6-5-7-9-19)27-26(32)28-24(23)18-10-11-21(33-2)22(16-18)34-3/h10-11,16,19,24H,4-9,12-15,17H2,1-3H3,(H2,27,28,32). The highest BCUT2D eigenvalue weighted by Gasteiger charge is 2.35. The van der Waals surface area contributed by atoms with E-state index in [4.69, 9.17) is 14.2 Å². The highest BCUT2D eigenvalue weighted by atomic mass is 16.5. The highest BCUT2D eigenvalue weighted by molar-refractivity contribution is 5.95. The van der Waals surface area contributed by atoms with Crippen molar-refractivity contribution in [1.82, 2.24) is 20.4 Å². The number of hydrogen-bond donors (Lipinski definition) is 2. The van der Waals surface area contributed by atoms with Crippen molar-refractivity contribution >= 4 is 12.0 Å². The molecule has 0 radical (unpaired) electrons. The Morgan fingerprint density at radius 3 is 2.40 bits per heavy atom. The Morgan fingerprint density at radius 2 is 1.74 bits per heavy atom. The summed E-state index contributed by atoms with van der Waals surface area (Å²) in [7, 11) is 3.13. The zero-order valence-electron chi connectivity index (χ0n) is 21.1. The lowest BCUT2D eigenvalue weighted by atomic mass is 9.93. The van der Waals surface area contributed by atoms with E-state index in [9.17, 15) is 9.59 Å². The van der Waals surface area contributed by atoms with Crippen molar-refractivity contribution in [1.29, 1.82) is 0 Å². The minimum atomic E-state index is -0.652. The molecule has 1 atom stereocenters. The van der Waals surface area contributed by atoms with Gasteiger partial charge in [0.2, 0.25) is 0 Å². The lowest BCUT2D eigenvalue weighted by molar-refractivity contribution is -0.139. The molecule has 0 spiro atoms. The number of methoxy groups -OCH3 is 2. The maximum Gasteiger partial charge on any atom is 0.338 e. The van der Waals surface area contributed by atoms with Gasteiger partial charge in [0.1, 0.15) is 0 Å². The summed E-state index contributed by atoms with van der Waals surface area (Å²) in [4.78, 5) is 30.7. The fourth-order valence-electron chi connectivity index (χ4n) is 5.43. The molecule has 0 bridgehead atoms. The molecule has 1 aliphatic carbocycles. The van der Waals surface area contributed by atoms with Crippen molar-refractivity contribution in [3.05, 3.63) is 35.0 Å². The molecule has 2 fully saturated rings. The van der Waals surface area contributed by atoms with Crippen LogP contribution in [0.1, 0.15) is 50.6 Å². The van der Waals surface area contributed by atoms with Gasteiger partial charge in [-0.25, -0.2) is 9.59 Å². The minimum Gasteiger partial charge on any atom is -0.493 e. The number of carbonyl (C=O) groups is 2. The molecule has 2 aliphatic heterocycles. The molecule has 1 saturated heterocycles. The molecule has 0 aromatic heterocycles. The highest BCUT2D eigenvalue weighted by Crippen LogP contribution is 2.34. The number of rotatable bonds is 8. The maximum atomic E-state index is 13.1. The van der Waals surface area contributed by atoms with Gasteiger partial charge in [0.25, 0.3) is 0 Å². The second-order valence-electron chi connectivity index (χ2n) is 9.36. The van der Waals surface area contributed by atoms with Gasteiger partial charge in [-0.15, -0.1) is 0 Å². The van der Waals surface area contributed by atoms with Gasteiger partial charge >= 0.3 is 12.0 Å². The first-order chi connectivity index (χ1) is 17.0. The van der Waals surface area contributed by atoms with Crippen LogP contribution in [0.15, 0.2) is 29.5 Å². The van der Waals surface area contributed by atoms with Crippen LogP contribution in [0.25, 0.3) is 0 Å². The third kappa shape index (κ3) is 5.90. The molecule has 3 aliphatic rings. The zero-order valence-corrected chi connectivity index (χ0v) is 21.1. The van der Waals surface area contributed by atoms with Gasteiger partial charge in [0, 0.05) is 44.5 Å². The van der Waals surface area contributed by atoms with E-state index in [1.165, 1.54) is 32.1 Å². The van der Waals surface area contributed by atoms with E-state index in [0.29, 0.717) is 35.4 Å². The molecule has 4 rings (SSSR count). The molecule has 2 amide bonds. The summed E-state index contributed by atoms with van der Waals surface area (Å²) in [6.07, 6.45) is 6.62. The number of esters is 1. The van der Waals surface area contributed by atoms with Gasteiger partial charge in [-0.1, -0.05) is 25.3 Å². The van der Waals surface area contributed by atoms with Gasteiger partial charge in [0.05, 0.1) is 32.4 Å². The number of nitrogens with zero attached hydrogens (tertiary/aromatic N) is 2. The van der Waals surface area contributed by atoms with Crippen molar-refractivity contribution in [2.24, 2.45) is 0 Å². The number of amides is 2. The molecule has 9 nitrogen and oxygen atoms in total. The summed E-state index contributed by atoms with van der Waals surface area (Å²) >= 11 is 0. The molecule has 1 saturated carbocycles. The molecular weight excluding hydrogens is 448 g/mol. The summed E-state index contributed by atoms with van der Waals surface area (Å²) in [5.74, 6) is 0.672. The van der Waals surface area contributed by atoms with E-state index >= 15 is 0 Å². The van der Waals surface area contributed by atoms with E-state index in [-0.39, 0.29) is 12.6 Å². The van der Waals surface area contributed by atoms with E-state index in [2.05, 4.69) is 20.4 Å². The van der Waals surface area contributed by atoms with Gasteiger partial charge in [-0.3, -0.25) is 9.80 Å². The SMILES string of the molecule is CCOC(=O)C1=C(CN2CCN(C3CCCCC3)CC2)NC(=O)NC1c1ccc(OC)c(OC)c1. The third-order valence-electron chi connectivity index (χ3n) is 7.27. The number of benzene rings is 1. The van der Waals surface area contributed by atoms with Crippen LogP contribution in [-0.2, 0) is 9.53 Å². The Balaban J connectivity index is 1.56. The van der Waals surface area contributed by atoms with Crippen LogP contribution in [0.4, 0.5) is 4.79 Å². The van der Waals surface area contributed by atoms with E-state index in [0.717, 1.165) is 31.7 Å². The van der Waals surface area contributed by atoms with E-state index < -0.39 is 12.0 Å². The average molecular weight is 487 g/mol. The first-order valence-electron chi connectivity index (χ1n) is 12.7. The molecule has 192 valence electrons. The van der Waals surface area contributed by atoms with Crippen molar-refractivity contribution in [3.63, 3.8) is 0 Å². The molecular formula is C26H38N4O5. The number of carbonyl (C=O) groups excluding carboxylic acids is 2. The van der Waals surface area contributed by atoms with Crippen molar-refractivity contribution in [2.75, 3.05) is 53.6 Å². The number of urea groups is 1. The van der Waals surface area contributed by atoms with Gasteiger partial charge in [-0.2, -0.15) is 0 Å². The Kier molecular flexibility index (Phi) is 8.51. The number of nitrogens with one attached hydrogen (secondary N) is 2. The summed E-state index contributed by atoms with van der Waals surface area (Å²) in [6.45, 7) is 6.35. The third-order valence-corrected chi connectivity index (χ3v) is 7.27. The van der Waals surface area contributed by atoms with Crippen LogP contribution in [0.3, 0.4) is 0 Å². The monoisotopic (exact) mass is 486 g/mol. The minimum absolute atomic E-state index is 0.252. The fraction of sp³-hybridized carbons (Fsp3) is 0.615. The Hall–Kier alpha value is -2.78. The molecule has 1 unspecified atom stereocenters. The smallest absolute Gasteiger partial charge is 0.338 e. The number of hydrogen-bond acceptors (Lipinski definition) is 7.